The lowest BCUT2D eigenvalue weighted by Crippen LogP contribution is -2.20. The SMILES string of the molecule is CCN(c1ccccc1C)c1c(Cl)ccc2c1CCNCC2.O=C(O)C(=O)O. The maximum absolute atomic E-state index is 9.10. The molecule has 2 aromatic rings. The molecule has 28 heavy (non-hydrogen) atoms. The molecule has 1 heterocycles. The van der Waals surface area contributed by atoms with Gasteiger partial charge in [-0.15, -0.1) is 0 Å². The van der Waals surface area contributed by atoms with E-state index in [1.54, 1.807) is 0 Å². The monoisotopic (exact) mass is 404 g/mol. The summed E-state index contributed by atoms with van der Waals surface area (Å²) in [7, 11) is 0. The molecule has 0 amide bonds. The number of para-hydroxylation sites is 1. The van der Waals surface area contributed by atoms with Crippen LogP contribution in [0.15, 0.2) is 36.4 Å². The minimum absolute atomic E-state index is 0.853. The lowest BCUT2D eigenvalue weighted by Gasteiger charge is -2.29. The number of halogens is 1. The van der Waals surface area contributed by atoms with Crippen LogP contribution in [-0.4, -0.2) is 41.8 Å². The average Bonchev–Trinajstić information content (AvgIpc) is 2.91. The Balaban J connectivity index is 0.000000409. The maximum atomic E-state index is 9.10. The van der Waals surface area contributed by atoms with Crippen molar-refractivity contribution in [1.29, 1.82) is 0 Å². The van der Waals surface area contributed by atoms with Crippen LogP contribution in [0.4, 0.5) is 11.4 Å². The average molecular weight is 405 g/mol. The highest BCUT2D eigenvalue weighted by molar-refractivity contribution is 6.33. The van der Waals surface area contributed by atoms with Crippen LogP contribution in [0.3, 0.4) is 0 Å². The fourth-order valence-electron chi connectivity index (χ4n) is 3.33. The zero-order valence-corrected chi connectivity index (χ0v) is 16.8. The molecule has 0 unspecified atom stereocenters. The molecule has 1 aliphatic heterocycles. The molecule has 0 radical (unpaired) electrons. The number of hydrogen-bond acceptors (Lipinski definition) is 4. The molecule has 0 aromatic heterocycles. The second-order valence-electron chi connectivity index (χ2n) is 6.42. The van der Waals surface area contributed by atoms with Crippen LogP contribution in [0.1, 0.15) is 23.6 Å². The van der Waals surface area contributed by atoms with Crippen molar-refractivity contribution in [3.63, 3.8) is 0 Å². The Bertz CT molecular complexity index is 842. The van der Waals surface area contributed by atoms with E-state index in [9.17, 15) is 0 Å². The first-order valence-corrected chi connectivity index (χ1v) is 9.55. The Kier molecular flexibility index (Phi) is 7.84. The van der Waals surface area contributed by atoms with Gasteiger partial charge in [0.2, 0.25) is 0 Å². The number of aryl methyl sites for hydroxylation is 1. The molecule has 0 bridgehead atoms. The highest BCUT2D eigenvalue weighted by Crippen LogP contribution is 2.38. The van der Waals surface area contributed by atoms with Crippen LogP contribution in [0.2, 0.25) is 5.02 Å². The molecule has 0 atom stereocenters. The Morgan fingerprint density at radius 1 is 1.07 bits per heavy atom. The third kappa shape index (κ3) is 5.24. The molecular weight excluding hydrogens is 380 g/mol. The van der Waals surface area contributed by atoms with Crippen molar-refractivity contribution >= 4 is 34.9 Å². The van der Waals surface area contributed by atoms with Gasteiger partial charge in [-0.1, -0.05) is 35.9 Å². The summed E-state index contributed by atoms with van der Waals surface area (Å²) < 4.78 is 0. The molecule has 0 saturated carbocycles. The molecule has 1 aliphatic rings. The molecule has 0 saturated heterocycles. The number of rotatable bonds is 3. The number of benzene rings is 2. The van der Waals surface area contributed by atoms with E-state index < -0.39 is 11.9 Å². The standard InChI is InChI=1S/C19H23ClN2.C2H2O4/c1-3-22(18-7-5-4-6-14(18)2)19-16-11-13-21-12-10-15(16)8-9-17(19)20;3-1(4)2(5)6/h4-9,21H,3,10-13H2,1-2H3;(H,3,4)(H,5,6). The van der Waals surface area contributed by atoms with Crippen molar-refractivity contribution in [3.05, 3.63) is 58.1 Å². The van der Waals surface area contributed by atoms with E-state index in [2.05, 4.69) is 60.5 Å². The van der Waals surface area contributed by atoms with E-state index in [-0.39, 0.29) is 0 Å². The van der Waals surface area contributed by atoms with E-state index in [1.807, 2.05) is 0 Å². The van der Waals surface area contributed by atoms with Crippen LogP contribution in [-0.2, 0) is 22.4 Å². The maximum Gasteiger partial charge on any atom is 0.414 e. The second-order valence-corrected chi connectivity index (χ2v) is 6.83. The summed E-state index contributed by atoms with van der Waals surface area (Å²) in [4.78, 5) is 20.6. The molecule has 0 spiro atoms. The quantitative estimate of drug-likeness (QED) is 0.676. The number of aliphatic carboxylic acids is 2. The van der Waals surface area contributed by atoms with Crippen molar-refractivity contribution in [1.82, 2.24) is 5.32 Å². The number of hydrogen-bond donors (Lipinski definition) is 3. The van der Waals surface area contributed by atoms with Crippen LogP contribution < -0.4 is 10.2 Å². The van der Waals surface area contributed by atoms with Crippen molar-refractivity contribution in [2.45, 2.75) is 26.7 Å². The normalized spacial score (nSPS) is 12.8. The van der Waals surface area contributed by atoms with Crippen LogP contribution in [0.5, 0.6) is 0 Å². The Morgan fingerprint density at radius 3 is 2.32 bits per heavy atom. The van der Waals surface area contributed by atoms with Gasteiger partial charge in [0.05, 0.1) is 10.7 Å². The molecule has 0 fully saturated rings. The van der Waals surface area contributed by atoms with Crippen LogP contribution in [0, 0.1) is 6.92 Å². The number of carboxylic acids is 2. The van der Waals surface area contributed by atoms with Gasteiger partial charge in [-0.3, -0.25) is 0 Å². The van der Waals surface area contributed by atoms with Gasteiger partial charge in [0.25, 0.3) is 0 Å². The molecule has 0 aliphatic carbocycles. The lowest BCUT2D eigenvalue weighted by molar-refractivity contribution is -0.159. The zero-order chi connectivity index (χ0) is 20.7. The van der Waals surface area contributed by atoms with Gasteiger partial charge in [0.15, 0.2) is 0 Å². The van der Waals surface area contributed by atoms with Gasteiger partial charge >= 0.3 is 11.9 Å². The van der Waals surface area contributed by atoms with Gasteiger partial charge < -0.3 is 20.4 Å². The van der Waals surface area contributed by atoms with Gasteiger partial charge in [0.1, 0.15) is 0 Å². The Hall–Kier alpha value is -2.57. The minimum atomic E-state index is -1.82. The van der Waals surface area contributed by atoms with Gasteiger partial charge in [-0.05, 0) is 68.6 Å². The summed E-state index contributed by atoms with van der Waals surface area (Å²) in [5, 5.41) is 19.1. The van der Waals surface area contributed by atoms with Crippen molar-refractivity contribution < 1.29 is 19.8 Å². The summed E-state index contributed by atoms with van der Waals surface area (Å²) in [6.07, 6.45) is 2.11. The van der Waals surface area contributed by atoms with E-state index in [0.29, 0.717) is 0 Å². The van der Waals surface area contributed by atoms with Crippen molar-refractivity contribution in [3.8, 4) is 0 Å². The van der Waals surface area contributed by atoms with E-state index in [1.165, 1.54) is 28.1 Å². The van der Waals surface area contributed by atoms with Crippen LogP contribution >= 0.6 is 11.6 Å². The number of nitrogens with zero attached hydrogens (tertiary/aromatic N) is 1. The molecule has 150 valence electrons. The third-order valence-corrected chi connectivity index (χ3v) is 4.93. The number of anilines is 2. The predicted octanol–water partition coefficient (Wildman–Crippen LogP) is 3.65. The second kappa shape index (κ2) is 10.1. The smallest absolute Gasteiger partial charge is 0.414 e. The van der Waals surface area contributed by atoms with Crippen LogP contribution in [0.25, 0.3) is 0 Å². The summed E-state index contributed by atoms with van der Waals surface area (Å²) in [5.41, 5.74) is 6.56. The van der Waals surface area contributed by atoms with E-state index in [0.717, 1.165) is 37.5 Å². The zero-order valence-electron chi connectivity index (χ0n) is 16.0. The van der Waals surface area contributed by atoms with Gasteiger partial charge in [0, 0.05) is 12.2 Å². The fraction of sp³-hybridized carbons (Fsp3) is 0.333. The first-order chi connectivity index (χ1) is 13.4. The summed E-state index contributed by atoms with van der Waals surface area (Å²) in [6.45, 7) is 7.33. The first-order valence-electron chi connectivity index (χ1n) is 9.17. The molecule has 7 heteroatoms. The van der Waals surface area contributed by atoms with Crippen molar-refractivity contribution in [2.75, 3.05) is 24.5 Å². The van der Waals surface area contributed by atoms with E-state index in [4.69, 9.17) is 31.4 Å². The summed E-state index contributed by atoms with van der Waals surface area (Å²) in [5.74, 6) is -3.65. The van der Waals surface area contributed by atoms with Crippen molar-refractivity contribution in [2.24, 2.45) is 0 Å². The molecule has 6 nitrogen and oxygen atoms in total. The number of carbonyl (C=O) groups is 2. The number of fused-ring (bicyclic) bond motifs is 1. The minimum Gasteiger partial charge on any atom is -0.473 e. The van der Waals surface area contributed by atoms with Gasteiger partial charge in [-0.2, -0.15) is 0 Å². The topological polar surface area (TPSA) is 89.9 Å². The third-order valence-electron chi connectivity index (χ3n) is 4.63. The molecule has 2 aromatic carbocycles. The number of carboxylic acid groups (broad SMARTS) is 2. The van der Waals surface area contributed by atoms with Gasteiger partial charge in [-0.25, -0.2) is 9.59 Å². The largest absolute Gasteiger partial charge is 0.473 e. The first kappa shape index (κ1) is 21.7. The molecule has 3 rings (SSSR count). The molecule has 3 N–H and O–H groups in total. The highest BCUT2D eigenvalue weighted by atomic mass is 35.5. The molecular formula is C21H25ClN2O4. The summed E-state index contributed by atoms with van der Waals surface area (Å²) >= 11 is 6.63. The Morgan fingerprint density at radius 2 is 1.71 bits per heavy atom. The number of nitrogens with one attached hydrogen (secondary N) is 1. The highest BCUT2D eigenvalue weighted by Gasteiger charge is 2.20. The fourth-order valence-corrected chi connectivity index (χ4v) is 3.61. The van der Waals surface area contributed by atoms with E-state index >= 15 is 0 Å². The predicted molar refractivity (Wildman–Crippen MR) is 111 cm³/mol. The lowest BCUT2D eigenvalue weighted by atomic mass is 9.99. The summed E-state index contributed by atoms with van der Waals surface area (Å²) in [6, 6.07) is 12.8. The Labute approximate surface area is 169 Å².